The van der Waals surface area contributed by atoms with Gasteiger partial charge in [0.25, 0.3) is 11.5 Å². The minimum absolute atomic E-state index is 0.00251. The van der Waals surface area contributed by atoms with Gasteiger partial charge >= 0.3 is 0 Å². The van der Waals surface area contributed by atoms with Gasteiger partial charge in [-0.3, -0.25) is 9.59 Å². The zero-order valence-corrected chi connectivity index (χ0v) is 25.1. The summed E-state index contributed by atoms with van der Waals surface area (Å²) in [4.78, 5) is 34.5. The van der Waals surface area contributed by atoms with Crippen molar-refractivity contribution in [3.8, 4) is 17.4 Å². The number of halogens is 1. The number of benzene rings is 2. The van der Waals surface area contributed by atoms with Crippen molar-refractivity contribution in [3.63, 3.8) is 0 Å². The molecule has 2 aromatic heterocycles. The van der Waals surface area contributed by atoms with Gasteiger partial charge in [-0.1, -0.05) is 15.9 Å². The van der Waals surface area contributed by atoms with Crippen molar-refractivity contribution in [2.75, 3.05) is 0 Å². The monoisotopic (exact) mass is 617 g/mol. The number of aryl methyl sites for hydroxylation is 3. The SMILES string of the molecule is Cc1cc(C)n(-c2nc3c(c(=O)n2-c2ccc(OC4CC(O)C4)cc2)C[C@@H](C)N(C(=O)c2ccc(Br)c(C)c2)C3)n1. The zero-order valence-electron chi connectivity index (χ0n) is 23.5. The molecule has 1 fully saturated rings. The summed E-state index contributed by atoms with van der Waals surface area (Å²) in [5.41, 5.74) is 4.89. The highest BCUT2D eigenvalue weighted by Gasteiger charge is 2.33. The highest BCUT2D eigenvalue weighted by atomic mass is 79.9. The van der Waals surface area contributed by atoms with E-state index in [-0.39, 0.29) is 36.3 Å². The maximum absolute atomic E-state index is 14.2. The van der Waals surface area contributed by atoms with Crippen molar-refractivity contribution < 1.29 is 14.6 Å². The summed E-state index contributed by atoms with van der Waals surface area (Å²) in [6.07, 6.45) is 1.34. The first-order valence-corrected chi connectivity index (χ1v) is 14.6. The quantitative estimate of drug-likeness (QED) is 0.351. The average molecular weight is 619 g/mol. The Morgan fingerprint density at radius 1 is 1.07 bits per heavy atom. The predicted molar refractivity (Wildman–Crippen MR) is 158 cm³/mol. The minimum Gasteiger partial charge on any atom is -0.490 e. The Kier molecular flexibility index (Phi) is 7.07. The van der Waals surface area contributed by atoms with E-state index in [9.17, 15) is 14.7 Å². The predicted octanol–water partition coefficient (Wildman–Crippen LogP) is 4.60. The number of aliphatic hydroxyl groups excluding tert-OH is 1. The third kappa shape index (κ3) is 5.10. The third-order valence-corrected chi connectivity index (χ3v) is 8.82. The van der Waals surface area contributed by atoms with Crippen molar-refractivity contribution >= 4 is 21.8 Å². The third-order valence-electron chi connectivity index (χ3n) is 7.93. The lowest BCUT2D eigenvalue weighted by Gasteiger charge is -2.34. The van der Waals surface area contributed by atoms with Crippen molar-refractivity contribution in [1.29, 1.82) is 0 Å². The number of carbonyl (C=O) groups excluding carboxylic acids is 1. The van der Waals surface area contributed by atoms with E-state index >= 15 is 0 Å². The number of amides is 1. The Balaban J connectivity index is 1.41. The second kappa shape index (κ2) is 10.6. The molecule has 0 spiro atoms. The molecular weight excluding hydrogens is 586 g/mol. The lowest BCUT2D eigenvalue weighted by molar-refractivity contribution is -0.0107. The van der Waals surface area contributed by atoms with Crippen LogP contribution in [-0.4, -0.2) is 53.5 Å². The summed E-state index contributed by atoms with van der Waals surface area (Å²) in [5.74, 6) is 0.965. The Morgan fingerprint density at radius 2 is 1.80 bits per heavy atom. The van der Waals surface area contributed by atoms with Crippen LogP contribution in [0.3, 0.4) is 0 Å². The molecule has 6 rings (SSSR count). The molecule has 9 nitrogen and oxygen atoms in total. The first kappa shape index (κ1) is 27.4. The number of ether oxygens (including phenoxy) is 1. The normalized spacial score (nSPS) is 20.0. The minimum atomic E-state index is -0.296. The lowest BCUT2D eigenvalue weighted by atomic mass is 9.92. The van der Waals surface area contributed by atoms with Crippen LogP contribution in [0.1, 0.15) is 58.3 Å². The molecule has 4 aromatic rings. The van der Waals surface area contributed by atoms with Crippen molar-refractivity contribution in [3.05, 3.63) is 97.1 Å². The Hall–Kier alpha value is -3.76. The van der Waals surface area contributed by atoms with Crippen LogP contribution in [0.2, 0.25) is 0 Å². The molecule has 2 aliphatic rings. The molecule has 41 heavy (non-hydrogen) atoms. The van der Waals surface area contributed by atoms with Crippen molar-refractivity contribution in [2.24, 2.45) is 0 Å². The van der Waals surface area contributed by atoms with Crippen LogP contribution in [0.15, 0.2) is 57.8 Å². The number of aromatic nitrogens is 4. The van der Waals surface area contributed by atoms with E-state index in [1.807, 2.05) is 76.2 Å². The first-order valence-electron chi connectivity index (χ1n) is 13.8. The zero-order chi connectivity index (χ0) is 29.0. The Morgan fingerprint density at radius 3 is 2.44 bits per heavy atom. The van der Waals surface area contributed by atoms with Gasteiger partial charge in [0.15, 0.2) is 0 Å². The highest BCUT2D eigenvalue weighted by molar-refractivity contribution is 9.10. The second-order valence-electron chi connectivity index (χ2n) is 11.1. The van der Waals surface area contributed by atoms with Crippen LogP contribution in [0, 0.1) is 20.8 Å². The molecule has 1 aliphatic carbocycles. The Bertz CT molecular complexity index is 1700. The smallest absolute Gasteiger partial charge is 0.263 e. The van der Waals surface area contributed by atoms with E-state index < -0.39 is 0 Å². The fourth-order valence-electron chi connectivity index (χ4n) is 5.57. The standard InChI is InChI=1S/C31H32BrN5O4/c1-17-11-21(5-10-27(17)32)29(39)35-16-28-26(13-19(35)3)30(40)36(31(33-28)37-20(4)12-18(2)34-37)22-6-8-24(9-7-22)41-25-14-23(38)15-25/h5-12,19,23,25,38H,13-16H2,1-4H3/t19-,23?,25?/m1/s1. The molecule has 0 saturated heterocycles. The van der Waals surface area contributed by atoms with E-state index in [2.05, 4.69) is 21.0 Å². The molecule has 1 aliphatic heterocycles. The largest absolute Gasteiger partial charge is 0.490 e. The van der Waals surface area contributed by atoms with E-state index in [0.29, 0.717) is 53.5 Å². The van der Waals surface area contributed by atoms with Gasteiger partial charge in [0.05, 0.1) is 29.7 Å². The van der Waals surface area contributed by atoms with E-state index in [1.54, 1.807) is 14.1 Å². The maximum atomic E-state index is 14.2. The van der Waals surface area contributed by atoms with E-state index in [1.165, 1.54) is 0 Å². The summed E-state index contributed by atoms with van der Waals surface area (Å²) in [6.45, 7) is 7.97. The summed E-state index contributed by atoms with van der Waals surface area (Å²) in [7, 11) is 0. The van der Waals surface area contributed by atoms with Crippen LogP contribution in [0.4, 0.5) is 0 Å². The maximum Gasteiger partial charge on any atom is 0.263 e. The topological polar surface area (TPSA) is 102 Å². The van der Waals surface area contributed by atoms with Gasteiger partial charge in [-0.2, -0.15) is 5.10 Å². The van der Waals surface area contributed by atoms with Gasteiger partial charge < -0.3 is 14.7 Å². The molecular formula is C31H32BrN5O4. The molecule has 1 N–H and O–H groups in total. The average Bonchev–Trinajstić information content (AvgIpc) is 3.27. The van der Waals surface area contributed by atoms with Gasteiger partial charge in [0.1, 0.15) is 11.9 Å². The van der Waals surface area contributed by atoms with Crippen LogP contribution >= 0.6 is 15.9 Å². The fraction of sp³-hybridized carbons (Fsp3) is 0.355. The number of rotatable bonds is 5. The molecule has 1 atom stereocenters. The van der Waals surface area contributed by atoms with E-state index in [0.717, 1.165) is 21.4 Å². The number of nitrogens with zero attached hydrogens (tertiary/aromatic N) is 5. The number of hydrogen-bond acceptors (Lipinski definition) is 6. The van der Waals surface area contributed by atoms with Crippen LogP contribution in [0.25, 0.3) is 11.6 Å². The summed E-state index contributed by atoms with van der Waals surface area (Å²) in [5, 5.41) is 14.2. The van der Waals surface area contributed by atoms with Gasteiger partial charge in [-0.25, -0.2) is 14.2 Å². The van der Waals surface area contributed by atoms with E-state index in [4.69, 9.17) is 9.72 Å². The van der Waals surface area contributed by atoms with Crippen LogP contribution in [-0.2, 0) is 13.0 Å². The number of hydrogen-bond donors (Lipinski definition) is 1. The number of carbonyl (C=O) groups is 1. The molecule has 10 heteroatoms. The number of aliphatic hydroxyl groups is 1. The lowest BCUT2D eigenvalue weighted by Crippen LogP contribution is -2.46. The molecule has 0 radical (unpaired) electrons. The fourth-order valence-corrected chi connectivity index (χ4v) is 5.81. The van der Waals surface area contributed by atoms with Gasteiger partial charge in [-0.15, -0.1) is 0 Å². The summed E-state index contributed by atoms with van der Waals surface area (Å²) < 4.78 is 10.2. The van der Waals surface area contributed by atoms with Crippen molar-refractivity contribution in [1.82, 2.24) is 24.2 Å². The van der Waals surface area contributed by atoms with Gasteiger partial charge in [0, 0.05) is 40.2 Å². The molecule has 1 amide bonds. The summed E-state index contributed by atoms with van der Waals surface area (Å²) in [6, 6.07) is 14.7. The molecule has 1 saturated carbocycles. The van der Waals surface area contributed by atoms with Gasteiger partial charge in [0.2, 0.25) is 5.95 Å². The van der Waals surface area contributed by atoms with Crippen LogP contribution in [0.5, 0.6) is 5.75 Å². The highest BCUT2D eigenvalue weighted by Crippen LogP contribution is 2.28. The van der Waals surface area contributed by atoms with Crippen molar-refractivity contribution in [2.45, 2.75) is 71.8 Å². The molecule has 3 heterocycles. The molecule has 0 bridgehead atoms. The number of fused-ring (bicyclic) bond motifs is 1. The second-order valence-corrected chi connectivity index (χ2v) is 12.0. The first-order chi connectivity index (χ1) is 19.6. The molecule has 212 valence electrons. The molecule has 0 unspecified atom stereocenters. The van der Waals surface area contributed by atoms with Crippen LogP contribution < -0.4 is 10.3 Å². The Labute approximate surface area is 246 Å². The van der Waals surface area contributed by atoms with Gasteiger partial charge in [-0.05, 0) is 88.2 Å². The molecule has 2 aromatic carbocycles. The summed E-state index contributed by atoms with van der Waals surface area (Å²) >= 11 is 3.51.